The summed E-state index contributed by atoms with van der Waals surface area (Å²) in [6.45, 7) is 9.98. The molecule has 0 aliphatic carbocycles. The molecule has 2 unspecified atom stereocenters. The highest BCUT2D eigenvalue weighted by Gasteiger charge is 2.15. The molecule has 19 heavy (non-hydrogen) atoms. The summed E-state index contributed by atoms with van der Waals surface area (Å²) in [6.07, 6.45) is 5.96. The monoisotopic (exact) mass is 261 g/mol. The molecule has 1 N–H and O–H groups in total. The molecule has 0 spiro atoms. The zero-order valence-corrected chi connectivity index (χ0v) is 12.5. The number of aromatic nitrogens is 1. The third kappa shape index (κ3) is 3.93. The van der Waals surface area contributed by atoms with E-state index in [4.69, 9.17) is 0 Å². The predicted octanol–water partition coefficient (Wildman–Crippen LogP) is 3.38. The molecule has 0 saturated carbocycles. The largest absolute Gasteiger partial charge is 0.357 e. The van der Waals surface area contributed by atoms with E-state index in [9.17, 15) is 0 Å². The van der Waals surface area contributed by atoms with Crippen molar-refractivity contribution in [2.24, 2.45) is 5.92 Å². The van der Waals surface area contributed by atoms with Gasteiger partial charge in [-0.1, -0.05) is 19.9 Å². The topological polar surface area (TPSA) is 28.2 Å². The molecule has 3 heteroatoms. The number of anilines is 1. The van der Waals surface area contributed by atoms with E-state index in [2.05, 4.69) is 48.1 Å². The van der Waals surface area contributed by atoms with Crippen LogP contribution in [0.2, 0.25) is 0 Å². The van der Waals surface area contributed by atoms with E-state index < -0.39 is 0 Å². The second kappa shape index (κ2) is 6.90. The second-order valence-corrected chi connectivity index (χ2v) is 5.75. The number of nitrogens with zero attached hydrogens (tertiary/aromatic N) is 2. The van der Waals surface area contributed by atoms with Crippen LogP contribution in [0, 0.1) is 5.92 Å². The molecule has 0 bridgehead atoms. The summed E-state index contributed by atoms with van der Waals surface area (Å²) in [5.41, 5.74) is 1.27. The fourth-order valence-electron chi connectivity index (χ4n) is 2.76. The molecule has 1 aliphatic heterocycles. The molecule has 2 rings (SSSR count). The van der Waals surface area contributed by atoms with Gasteiger partial charge in [0, 0.05) is 25.3 Å². The summed E-state index contributed by atoms with van der Waals surface area (Å²) in [7, 11) is 0. The lowest BCUT2D eigenvalue weighted by atomic mass is 10.0. The van der Waals surface area contributed by atoms with Crippen molar-refractivity contribution in [3.8, 4) is 0 Å². The van der Waals surface area contributed by atoms with Crippen molar-refractivity contribution < 1.29 is 0 Å². The van der Waals surface area contributed by atoms with Crippen LogP contribution in [0.4, 0.5) is 5.82 Å². The highest BCUT2D eigenvalue weighted by molar-refractivity contribution is 5.39. The zero-order chi connectivity index (χ0) is 13.7. The Balaban J connectivity index is 2.01. The van der Waals surface area contributed by atoms with Gasteiger partial charge in [0.1, 0.15) is 5.82 Å². The summed E-state index contributed by atoms with van der Waals surface area (Å²) in [6, 6.07) is 4.78. The standard InChI is InChI=1S/C16H27N3/c1-4-17-14(3)15-7-8-16(18-12-15)19-10-5-6-13(2)9-11-19/h7-8,12-14,17H,4-6,9-11H2,1-3H3. The van der Waals surface area contributed by atoms with Crippen molar-refractivity contribution in [3.63, 3.8) is 0 Å². The van der Waals surface area contributed by atoms with Gasteiger partial charge in [0.2, 0.25) is 0 Å². The zero-order valence-electron chi connectivity index (χ0n) is 12.5. The quantitative estimate of drug-likeness (QED) is 0.900. The molecule has 0 radical (unpaired) electrons. The number of pyridine rings is 1. The lowest BCUT2D eigenvalue weighted by Crippen LogP contribution is -2.25. The number of nitrogens with one attached hydrogen (secondary N) is 1. The summed E-state index contributed by atoms with van der Waals surface area (Å²) in [5, 5.41) is 3.42. The second-order valence-electron chi connectivity index (χ2n) is 5.75. The maximum absolute atomic E-state index is 4.66. The van der Waals surface area contributed by atoms with Crippen molar-refractivity contribution in [2.45, 2.75) is 46.1 Å². The average molecular weight is 261 g/mol. The van der Waals surface area contributed by atoms with Crippen LogP contribution >= 0.6 is 0 Å². The van der Waals surface area contributed by atoms with Crippen LogP contribution in [0.15, 0.2) is 18.3 Å². The molecule has 2 heterocycles. The van der Waals surface area contributed by atoms with Crippen LogP contribution in [0.5, 0.6) is 0 Å². The van der Waals surface area contributed by atoms with Gasteiger partial charge in [-0.05, 0) is 50.3 Å². The lowest BCUT2D eigenvalue weighted by Gasteiger charge is -2.22. The smallest absolute Gasteiger partial charge is 0.128 e. The van der Waals surface area contributed by atoms with Crippen molar-refractivity contribution in [2.75, 3.05) is 24.5 Å². The van der Waals surface area contributed by atoms with E-state index in [1.54, 1.807) is 0 Å². The Labute approximate surface area is 117 Å². The van der Waals surface area contributed by atoms with Crippen molar-refractivity contribution in [3.05, 3.63) is 23.9 Å². The first-order valence-electron chi connectivity index (χ1n) is 7.65. The van der Waals surface area contributed by atoms with E-state index in [-0.39, 0.29) is 0 Å². The van der Waals surface area contributed by atoms with Crippen LogP contribution in [0.25, 0.3) is 0 Å². The highest BCUT2D eigenvalue weighted by atomic mass is 15.2. The highest BCUT2D eigenvalue weighted by Crippen LogP contribution is 2.22. The van der Waals surface area contributed by atoms with Gasteiger partial charge in [0.05, 0.1) is 0 Å². The molecule has 1 aromatic heterocycles. The Bertz CT molecular complexity index is 374. The van der Waals surface area contributed by atoms with Crippen LogP contribution in [0.3, 0.4) is 0 Å². The first-order valence-corrected chi connectivity index (χ1v) is 7.65. The fourth-order valence-corrected chi connectivity index (χ4v) is 2.76. The van der Waals surface area contributed by atoms with Gasteiger partial charge < -0.3 is 10.2 Å². The van der Waals surface area contributed by atoms with E-state index in [0.29, 0.717) is 6.04 Å². The lowest BCUT2D eigenvalue weighted by molar-refractivity contribution is 0.521. The molecule has 1 saturated heterocycles. The maximum Gasteiger partial charge on any atom is 0.128 e. The Morgan fingerprint density at radius 3 is 2.89 bits per heavy atom. The van der Waals surface area contributed by atoms with Gasteiger partial charge >= 0.3 is 0 Å². The normalized spacial score (nSPS) is 22.1. The van der Waals surface area contributed by atoms with Crippen molar-refractivity contribution in [1.29, 1.82) is 0 Å². The van der Waals surface area contributed by atoms with Gasteiger partial charge in [0.25, 0.3) is 0 Å². The predicted molar refractivity (Wildman–Crippen MR) is 81.6 cm³/mol. The maximum atomic E-state index is 4.66. The Morgan fingerprint density at radius 2 is 2.21 bits per heavy atom. The molecule has 106 valence electrons. The SMILES string of the molecule is CCNC(C)c1ccc(N2CCCC(C)CC2)nc1. The van der Waals surface area contributed by atoms with Crippen LogP contribution in [-0.2, 0) is 0 Å². The minimum atomic E-state index is 0.385. The van der Waals surface area contributed by atoms with E-state index in [0.717, 1.165) is 31.4 Å². The summed E-state index contributed by atoms with van der Waals surface area (Å²) in [4.78, 5) is 7.09. The molecular formula is C16H27N3. The third-order valence-corrected chi connectivity index (χ3v) is 4.12. The van der Waals surface area contributed by atoms with Crippen LogP contribution < -0.4 is 10.2 Å². The Kier molecular flexibility index (Phi) is 5.20. The van der Waals surface area contributed by atoms with Gasteiger partial charge in [0.15, 0.2) is 0 Å². The van der Waals surface area contributed by atoms with E-state index in [1.165, 1.54) is 24.8 Å². The first kappa shape index (κ1) is 14.3. The molecule has 3 nitrogen and oxygen atoms in total. The molecule has 1 aliphatic rings. The molecule has 0 amide bonds. The van der Waals surface area contributed by atoms with Gasteiger partial charge in [-0.15, -0.1) is 0 Å². The molecule has 2 atom stereocenters. The molecule has 1 fully saturated rings. The first-order chi connectivity index (χ1) is 9.20. The molecule has 0 aromatic carbocycles. The van der Waals surface area contributed by atoms with Gasteiger partial charge in [-0.3, -0.25) is 0 Å². The Morgan fingerprint density at radius 1 is 1.37 bits per heavy atom. The minimum absolute atomic E-state index is 0.385. The van der Waals surface area contributed by atoms with E-state index in [1.807, 2.05) is 6.20 Å². The molecule has 1 aromatic rings. The van der Waals surface area contributed by atoms with Crippen LogP contribution in [0.1, 0.15) is 51.6 Å². The van der Waals surface area contributed by atoms with E-state index >= 15 is 0 Å². The van der Waals surface area contributed by atoms with Gasteiger partial charge in [-0.25, -0.2) is 4.98 Å². The third-order valence-electron chi connectivity index (χ3n) is 4.12. The molecular weight excluding hydrogens is 234 g/mol. The average Bonchev–Trinajstić information content (AvgIpc) is 2.64. The summed E-state index contributed by atoms with van der Waals surface area (Å²) < 4.78 is 0. The van der Waals surface area contributed by atoms with Crippen LogP contribution in [-0.4, -0.2) is 24.6 Å². The Hall–Kier alpha value is -1.09. The number of hydrogen-bond donors (Lipinski definition) is 1. The summed E-state index contributed by atoms with van der Waals surface area (Å²) >= 11 is 0. The van der Waals surface area contributed by atoms with Gasteiger partial charge in [-0.2, -0.15) is 0 Å². The number of hydrogen-bond acceptors (Lipinski definition) is 3. The van der Waals surface area contributed by atoms with Crippen molar-refractivity contribution in [1.82, 2.24) is 10.3 Å². The van der Waals surface area contributed by atoms with Crippen molar-refractivity contribution >= 4 is 5.82 Å². The fraction of sp³-hybridized carbons (Fsp3) is 0.688. The number of rotatable bonds is 4. The summed E-state index contributed by atoms with van der Waals surface area (Å²) in [5.74, 6) is 2.00. The minimum Gasteiger partial charge on any atom is -0.357 e.